The van der Waals surface area contributed by atoms with E-state index in [0.29, 0.717) is 16.7 Å². The van der Waals surface area contributed by atoms with Crippen LogP contribution in [0.5, 0.6) is 0 Å². The molecule has 106 valence electrons. The summed E-state index contributed by atoms with van der Waals surface area (Å²) in [4.78, 5) is 0. The molecule has 18 heavy (non-hydrogen) atoms. The number of hydrogen-bond acceptors (Lipinski definition) is 2. The fraction of sp³-hybridized carbons (Fsp3) is 1.00. The third-order valence-electron chi connectivity index (χ3n) is 5.10. The molecule has 2 atom stereocenters. The van der Waals surface area contributed by atoms with E-state index in [0.717, 1.165) is 13.2 Å². The molecule has 0 aromatic rings. The van der Waals surface area contributed by atoms with Gasteiger partial charge in [-0.25, -0.2) is 0 Å². The van der Waals surface area contributed by atoms with Gasteiger partial charge in [-0.05, 0) is 48.9 Å². The fourth-order valence-corrected chi connectivity index (χ4v) is 3.20. The van der Waals surface area contributed by atoms with Crippen LogP contribution in [0, 0.1) is 16.7 Å². The number of ether oxygens (including phenoxy) is 1. The largest absolute Gasteiger partial charge is 0.360 e. The molecular formula is C16H31NO. The van der Waals surface area contributed by atoms with Crippen LogP contribution < -0.4 is 5.32 Å². The van der Waals surface area contributed by atoms with Gasteiger partial charge in [-0.1, -0.05) is 34.6 Å². The summed E-state index contributed by atoms with van der Waals surface area (Å²) in [5, 5.41) is 3.75. The molecule has 1 saturated heterocycles. The highest BCUT2D eigenvalue weighted by molar-refractivity contribution is 4.91. The van der Waals surface area contributed by atoms with Crippen molar-refractivity contribution < 1.29 is 4.74 Å². The van der Waals surface area contributed by atoms with E-state index in [1.807, 2.05) is 0 Å². The summed E-state index contributed by atoms with van der Waals surface area (Å²) in [5.41, 5.74) is 0.837. The average Bonchev–Trinajstić information content (AvgIpc) is 2.39. The van der Waals surface area contributed by atoms with E-state index >= 15 is 0 Å². The van der Waals surface area contributed by atoms with Crippen molar-refractivity contribution in [3.05, 3.63) is 0 Å². The Labute approximate surface area is 113 Å². The Kier molecular flexibility index (Phi) is 3.81. The molecule has 2 unspecified atom stereocenters. The van der Waals surface area contributed by atoms with Crippen LogP contribution in [0.3, 0.4) is 0 Å². The molecule has 0 aromatic carbocycles. The van der Waals surface area contributed by atoms with Crippen LogP contribution >= 0.6 is 0 Å². The van der Waals surface area contributed by atoms with Gasteiger partial charge in [0.25, 0.3) is 0 Å². The lowest BCUT2D eigenvalue weighted by Gasteiger charge is -2.45. The summed E-state index contributed by atoms with van der Waals surface area (Å²) in [6.45, 7) is 13.8. The van der Waals surface area contributed by atoms with Crippen molar-refractivity contribution in [1.82, 2.24) is 5.32 Å². The quantitative estimate of drug-likeness (QED) is 0.705. The third kappa shape index (κ3) is 3.27. The molecule has 1 aliphatic heterocycles. The SMILES string of the molecule is CC1(C)CCCC2(CC1)NCC(C(C)(C)C)CO2. The van der Waals surface area contributed by atoms with Gasteiger partial charge in [-0.3, -0.25) is 5.32 Å². The zero-order chi connectivity index (χ0) is 13.4. The highest BCUT2D eigenvalue weighted by atomic mass is 16.5. The first-order valence-electron chi connectivity index (χ1n) is 7.62. The van der Waals surface area contributed by atoms with E-state index in [2.05, 4.69) is 39.9 Å². The maximum atomic E-state index is 6.31. The number of hydrogen-bond donors (Lipinski definition) is 1. The Hall–Kier alpha value is -0.0800. The molecule has 1 spiro atoms. The van der Waals surface area contributed by atoms with Gasteiger partial charge < -0.3 is 4.74 Å². The molecule has 0 radical (unpaired) electrons. The van der Waals surface area contributed by atoms with Gasteiger partial charge in [-0.2, -0.15) is 0 Å². The van der Waals surface area contributed by atoms with Crippen molar-refractivity contribution >= 4 is 0 Å². The Bertz CT molecular complexity index is 282. The van der Waals surface area contributed by atoms with Crippen molar-refractivity contribution in [2.75, 3.05) is 13.2 Å². The Morgan fingerprint density at radius 3 is 2.33 bits per heavy atom. The van der Waals surface area contributed by atoms with Crippen LogP contribution in [0.4, 0.5) is 0 Å². The van der Waals surface area contributed by atoms with Gasteiger partial charge in [0.05, 0.1) is 6.61 Å². The first kappa shape index (κ1) is 14.3. The van der Waals surface area contributed by atoms with Gasteiger partial charge in [0, 0.05) is 6.54 Å². The van der Waals surface area contributed by atoms with E-state index in [1.54, 1.807) is 0 Å². The summed E-state index contributed by atoms with van der Waals surface area (Å²) < 4.78 is 6.31. The van der Waals surface area contributed by atoms with Gasteiger partial charge >= 0.3 is 0 Å². The summed E-state index contributed by atoms with van der Waals surface area (Å²) in [6.07, 6.45) is 6.27. The summed E-state index contributed by atoms with van der Waals surface area (Å²) in [6, 6.07) is 0. The summed E-state index contributed by atoms with van der Waals surface area (Å²) >= 11 is 0. The second-order valence-corrected chi connectivity index (χ2v) is 8.27. The van der Waals surface area contributed by atoms with Crippen molar-refractivity contribution in [1.29, 1.82) is 0 Å². The van der Waals surface area contributed by atoms with Crippen LogP contribution in [0.15, 0.2) is 0 Å². The van der Waals surface area contributed by atoms with E-state index in [4.69, 9.17) is 4.74 Å². The first-order valence-corrected chi connectivity index (χ1v) is 7.62. The first-order chi connectivity index (χ1) is 8.23. The van der Waals surface area contributed by atoms with Crippen LogP contribution in [0.2, 0.25) is 0 Å². The smallest absolute Gasteiger partial charge is 0.119 e. The normalized spacial score (nSPS) is 37.5. The second kappa shape index (κ2) is 4.79. The lowest BCUT2D eigenvalue weighted by atomic mass is 9.79. The number of nitrogens with one attached hydrogen (secondary N) is 1. The predicted octanol–water partition coefficient (Wildman–Crippen LogP) is 3.96. The molecular weight excluding hydrogens is 222 g/mol. The molecule has 2 heteroatoms. The van der Waals surface area contributed by atoms with Crippen molar-refractivity contribution in [2.45, 2.75) is 72.4 Å². The molecule has 2 fully saturated rings. The van der Waals surface area contributed by atoms with Crippen LogP contribution in [0.25, 0.3) is 0 Å². The minimum atomic E-state index is -0.00444. The molecule has 1 heterocycles. The lowest BCUT2D eigenvalue weighted by Crippen LogP contribution is -2.56. The molecule has 0 aromatic heterocycles. The minimum absolute atomic E-state index is 0.00444. The monoisotopic (exact) mass is 253 g/mol. The van der Waals surface area contributed by atoms with E-state index < -0.39 is 0 Å². The molecule has 2 aliphatic rings. The number of rotatable bonds is 0. The molecule has 0 bridgehead atoms. The molecule has 1 N–H and O–H groups in total. The van der Waals surface area contributed by atoms with Gasteiger partial charge in [-0.15, -0.1) is 0 Å². The Balaban J connectivity index is 1.95. The molecule has 1 aliphatic carbocycles. The highest BCUT2D eigenvalue weighted by Gasteiger charge is 2.41. The summed E-state index contributed by atoms with van der Waals surface area (Å²) in [5.74, 6) is 0.638. The predicted molar refractivity (Wildman–Crippen MR) is 76.5 cm³/mol. The van der Waals surface area contributed by atoms with Crippen LogP contribution in [0.1, 0.15) is 66.7 Å². The van der Waals surface area contributed by atoms with Crippen molar-refractivity contribution in [3.8, 4) is 0 Å². The lowest BCUT2D eigenvalue weighted by molar-refractivity contribution is -0.140. The Morgan fingerprint density at radius 1 is 1.06 bits per heavy atom. The van der Waals surface area contributed by atoms with Gasteiger partial charge in [0.2, 0.25) is 0 Å². The van der Waals surface area contributed by atoms with E-state index in [1.165, 1.54) is 32.1 Å². The minimum Gasteiger partial charge on any atom is -0.360 e. The topological polar surface area (TPSA) is 21.3 Å². The van der Waals surface area contributed by atoms with Gasteiger partial charge in [0.15, 0.2) is 0 Å². The molecule has 2 nitrogen and oxygen atoms in total. The molecule has 2 rings (SSSR count). The third-order valence-corrected chi connectivity index (χ3v) is 5.10. The van der Waals surface area contributed by atoms with E-state index in [9.17, 15) is 0 Å². The zero-order valence-corrected chi connectivity index (χ0v) is 12.9. The summed E-state index contributed by atoms with van der Waals surface area (Å²) in [7, 11) is 0. The Morgan fingerprint density at radius 2 is 1.78 bits per heavy atom. The molecule has 1 saturated carbocycles. The maximum absolute atomic E-state index is 6.31. The van der Waals surface area contributed by atoms with Crippen LogP contribution in [-0.2, 0) is 4.74 Å². The maximum Gasteiger partial charge on any atom is 0.119 e. The van der Waals surface area contributed by atoms with Gasteiger partial charge in [0.1, 0.15) is 5.72 Å². The van der Waals surface area contributed by atoms with Crippen molar-refractivity contribution in [2.24, 2.45) is 16.7 Å². The van der Waals surface area contributed by atoms with E-state index in [-0.39, 0.29) is 5.72 Å². The molecule has 0 amide bonds. The highest BCUT2D eigenvalue weighted by Crippen LogP contribution is 2.41. The fourth-order valence-electron chi connectivity index (χ4n) is 3.20. The standard InChI is InChI=1S/C16H31NO/c1-14(2,3)13-11-17-16(18-12-13)8-6-7-15(4,5)9-10-16/h13,17H,6-12H2,1-5H3. The average molecular weight is 253 g/mol. The van der Waals surface area contributed by atoms with Crippen molar-refractivity contribution in [3.63, 3.8) is 0 Å². The second-order valence-electron chi connectivity index (χ2n) is 8.27. The zero-order valence-electron chi connectivity index (χ0n) is 12.9. The van der Waals surface area contributed by atoms with Crippen LogP contribution in [-0.4, -0.2) is 18.9 Å².